The second-order valence-electron chi connectivity index (χ2n) is 4.83. The van der Waals surface area contributed by atoms with Crippen molar-refractivity contribution in [3.63, 3.8) is 0 Å². The minimum atomic E-state index is -0.586. The largest absolute Gasteiger partial charge is 0.352 e. The maximum Gasteiger partial charge on any atom is 0.254 e. The normalized spacial score (nSPS) is 15.3. The van der Waals surface area contributed by atoms with Crippen LogP contribution in [0.25, 0.3) is 0 Å². The zero-order valence-corrected chi connectivity index (χ0v) is 13.3. The molecule has 0 aliphatic carbocycles. The average molecular weight is 336 g/mol. The van der Waals surface area contributed by atoms with E-state index in [1.807, 2.05) is 0 Å². The van der Waals surface area contributed by atoms with Crippen LogP contribution in [-0.4, -0.2) is 50.1 Å². The number of halogens is 3. The fourth-order valence-electron chi connectivity index (χ4n) is 2.21. The lowest BCUT2D eigenvalue weighted by atomic mass is 10.2. The minimum absolute atomic E-state index is 0. The first-order chi connectivity index (χ1) is 9.66. The number of nitrogens with zero attached hydrogens (tertiary/aromatic N) is 1. The van der Waals surface area contributed by atoms with Crippen LogP contribution < -0.4 is 10.6 Å². The Morgan fingerprint density at radius 3 is 2.76 bits per heavy atom. The molecular formula is C14H20Cl2FN3O. The summed E-state index contributed by atoms with van der Waals surface area (Å²) in [5, 5.41) is 6.32. The molecule has 0 aromatic heterocycles. The molecule has 0 spiro atoms. The number of amides is 1. The van der Waals surface area contributed by atoms with Crippen molar-refractivity contribution in [2.75, 3.05) is 39.3 Å². The summed E-state index contributed by atoms with van der Waals surface area (Å²) in [5.74, 6) is -0.975. The van der Waals surface area contributed by atoms with Crippen LogP contribution >= 0.6 is 24.0 Å². The van der Waals surface area contributed by atoms with Crippen molar-refractivity contribution in [2.45, 2.75) is 6.42 Å². The SMILES string of the molecule is Cl.O=C(NCCCN1CCNCC1)c1ccc(Cl)cc1F. The van der Waals surface area contributed by atoms with Gasteiger partial charge in [0, 0.05) is 37.7 Å². The summed E-state index contributed by atoms with van der Waals surface area (Å²) in [6, 6.07) is 4.07. The van der Waals surface area contributed by atoms with E-state index in [0.29, 0.717) is 6.54 Å². The highest BCUT2D eigenvalue weighted by molar-refractivity contribution is 6.30. The van der Waals surface area contributed by atoms with Crippen LogP contribution in [0.15, 0.2) is 18.2 Å². The highest BCUT2D eigenvalue weighted by Gasteiger charge is 2.12. The third-order valence-electron chi connectivity index (χ3n) is 3.32. The van der Waals surface area contributed by atoms with Gasteiger partial charge in [-0.2, -0.15) is 0 Å². The van der Waals surface area contributed by atoms with E-state index >= 15 is 0 Å². The molecule has 0 atom stereocenters. The number of carbonyl (C=O) groups excluding carboxylic acids is 1. The van der Waals surface area contributed by atoms with Gasteiger partial charge in [0.1, 0.15) is 5.82 Å². The van der Waals surface area contributed by atoms with Gasteiger partial charge in [-0.1, -0.05) is 11.6 Å². The Morgan fingerprint density at radius 2 is 2.10 bits per heavy atom. The Morgan fingerprint density at radius 1 is 1.38 bits per heavy atom. The van der Waals surface area contributed by atoms with E-state index in [2.05, 4.69) is 15.5 Å². The molecule has 0 unspecified atom stereocenters. The van der Waals surface area contributed by atoms with Crippen LogP contribution in [0.1, 0.15) is 16.8 Å². The highest BCUT2D eigenvalue weighted by atomic mass is 35.5. The molecule has 1 aromatic rings. The number of hydrogen-bond acceptors (Lipinski definition) is 3. The molecule has 21 heavy (non-hydrogen) atoms. The summed E-state index contributed by atoms with van der Waals surface area (Å²) in [7, 11) is 0. The molecular weight excluding hydrogens is 316 g/mol. The first-order valence-corrected chi connectivity index (χ1v) is 7.21. The molecule has 1 aliphatic heterocycles. The Hall–Kier alpha value is -0.880. The smallest absolute Gasteiger partial charge is 0.254 e. The maximum atomic E-state index is 13.5. The van der Waals surface area contributed by atoms with Crippen molar-refractivity contribution >= 4 is 29.9 Å². The summed E-state index contributed by atoms with van der Waals surface area (Å²) in [5.41, 5.74) is 0.0385. The number of nitrogens with one attached hydrogen (secondary N) is 2. The van der Waals surface area contributed by atoms with Gasteiger partial charge < -0.3 is 15.5 Å². The number of benzene rings is 1. The lowest BCUT2D eigenvalue weighted by Gasteiger charge is -2.27. The molecule has 1 aromatic carbocycles. The van der Waals surface area contributed by atoms with Crippen molar-refractivity contribution in [3.8, 4) is 0 Å². The van der Waals surface area contributed by atoms with Gasteiger partial charge in [-0.15, -0.1) is 12.4 Å². The summed E-state index contributed by atoms with van der Waals surface area (Å²) >= 11 is 5.65. The Balaban J connectivity index is 0.00000220. The summed E-state index contributed by atoms with van der Waals surface area (Å²) in [4.78, 5) is 14.2. The predicted molar refractivity (Wildman–Crippen MR) is 84.9 cm³/mol. The van der Waals surface area contributed by atoms with E-state index in [9.17, 15) is 9.18 Å². The maximum absolute atomic E-state index is 13.5. The van der Waals surface area contributed by atoms with Gasteiger partial charge in [0.05, 0.1) is 5.56 Å². The van der Waals surface area contributed by atoms with Gasteiger partial charge in [0.2, 0.25) is 0 Å². The second-order valence-corrected chi connectivity index (χ2v) is 5.26. The average Bonchev–Trinajstić information content (AvgIpc) is 2.44. The van der Waals surface area contributed by atoms with Crippen molar-refractivity contribution in [1.29, 1.82) is 0 Å². The van der Waals surface area contributed by atoms with Gasteiger partial charge in [0.25, 0.3) is 5.91 Å². The standard InChI is InChI=1S/C14H19ClFN3O.ClH/c15-11-2-3-12(13(16)10-11)14(20)18-4-1-7-19-8-5-17-6-9-19;/h2-3,10,17H,1,4-9H2,(H,18,20);1H. The summed E-state index contributed by atoms with van der Waals surface area (Å²) < 4.78 is 13.5. The molecule has 4 nitrogen and oxygen atoms in total. The molecule has 1 heterocycles. The van der Waals surface area contributed by atoms with Crippen LogP contribution in [-0.2, 0) is 0 Å². The minimum Gasteiger partial charge on any atom is -0.352 e. The van der Waals surface area contributed by atoms with Gasteiger partial charge in [-0.3, -0.25) is 4.79 Å². The first kappa shape index (κ1) is 18.2. The Kier molecular flexibility index (Phi) is 7.96. The number of hydrogen-bond donors (Lipinski definition) is 2. The van der Waals surface area contributed by atoms with Crippen LogP contribution in [0, 0.1) is 5.82 Å². The van der Waals surface area contributed by atoms with Crippen molar-refractivity contribution in [3.05, 3.63) is 34.6 Å². The zero-order valence-electron chi connectivity index (χ0n) is 11.7. The number of rotatable bonds is 5. The molecule has 2 rings (SSSR count). The van der Waals surface area contributed by atoms with Gasteiger partial charge in [-0.25, -0.2) is 4.39 Å². The van der Waals surface area contributed by atoms with Gasteiger partial charge in [-0.05, 0) is 31.2 Å². The van der Waals surface area contributed by atoms with Crippen LogP contribution in [0.2, 0.25) is 5.02 Å². The van der Waals surface area contributed by atoms with Crippen molar-refractivity contribution in [2.24, 2.45) is 0 Å². The molecule has 1 saturated heterocycles. The van der Waals surface area contributed by atoms with Crippen LogP contribution in [0.3, 0.4) is 0 Å². The second kappa shape index (κ2) is 9.20. The van der Waals surface area contributed by atoms with Gasteiger partial charge in [0.15, 0.2) is 0 Å². The molecule has 0 radical (unpaired) electrons. The molecule has 118 valence electrons. The third kappa shape index (κ3) is 5.79. The van der Waals surface area contributed by atoms with Crippen LogP contribution in [0.4, 0.5) is 4.39 Å². The molecule has 1 aliphatic rings. The molecule has 0 saturated carbocycles. The van der Waals surface area contributed by atoms with Gasteiger partial charge >= 0.3 is 0 Å². The topological polar surface area (TPSA) is 44.4 Å². The highest BCUT2D eigenvalue weighted by Crippen LogP contribution is 2.14. The molecule has 1 fully saturated rings. The molecule has 2 N–H and O–H groups in total. The fourth-order valence-corrected chi connectivity index (χ4v) is 2.37. The van der Waals surface area contributed by atoms with Crippen molar-refractivity contribution in [1.82, 2.24) is 15.5 Å². The molecule has 1 amide bonds. The van der Waals surface area contributed by atoms with E-state index in [-0.39, 0.29) is 28.9 Å². The Labute approximate surface area is 135 Å². The van der Waals surface area contributed by atoms with Crippen LogP contribution in [0.5, 0.6) is 0 Å². The number of carbonyl (C=O) groups is 1. The Bertz CT molecular complexity index is 468. The first-order valence-electron chi connectivity index (χ1n) is 6.83. The van der Waals surface area contributed by atoms with E-state index < -0.39 is 5.82 Å². The third-order valence-corrected chi connectivity index (χ3v) is 3.56. The summed E-state index contributed by atoms with van der Waals surface area (Å²) in [6.07, 6.45) is 0.862. The summed E-state index contributed by atoms with van der Waals surface area (Å²) in [6.45, 7) is 5.61. The lowest BCUT2D eigenvalue weighted by molar-refractivity contribution is 0.0947. The quantitative estimate of drug-likeness (QED) is 0.808. The van der Waals surface area contributed by atoms with E-state index in [1.165, 1.54) is 12.1 Å². The monoisotopic (exact) mass is 335 g/mol. The predicted octanol–water partition coefficient (Wildman–Crippen LogP) is 1.93. The van der Waals surface area contributed by atoms with Crippen molar-refractivity contribution < 1.29 is 9.18 Å². The molecule has 7 heteroatoms. The van der Waals surface area contributed by atoms with E-state index in [0.717, 1.165) is 45.2 Å². The van der Waals surface area contributed by atoms with E-state index in [1.54, 1.807) is 0 Å². The number of piperazine rings is 1. The lowest BCUT2D eigenvalue weighted by Crippen LogP contribution is -2.44. The molecule has 0 bridgehead atoms. The zero-order chi connectivity index (χ0) is 14.4. The fraction of sp³-hybridized carbons (Fsp3) is 0.500. The van der Waals surface area contributed by atoms with E-state index in [4.69, 9.17) is 11.6 Å².